The number of hydrogen-bond acceptors (Lipinski definition) is 3. The Morgan fingerprint density at radius 2 is 2.18 bits per heavy atom. The summed E-state index contributed by atoms with van der Waals surface area (Å²) in [5.74, 6) is 1.01. The molecule has 3 nitrogen and oxygen atoms in total. The van der Waals surface area contributed by atoms with Crippen molar-refractivity contribution in [2.24, 2.45) is 11.1 Å². The lowest BCUT2D eigenvalue weighted by molar-refractivity contribution is 0.376. The molecule has 96 valence electrons. The predicted octanol–water partition coefficient (Wildman–Crippen LogP) is 3.05. The van der Waals surface area contributed by atoms with Crippen LogP contribution in [0.3, 0.4) is 0 Å². The van der Waals surface area contributed by atoms with Gasteiger partial charge in [-0.05, 0) is 46.4 Å². The van der Waals surface area contributed by atoms with E-state index in [4.69, 9.17) is 5.73 Å². The third-order valence-electron chi connectivity index (χ3n) is 2.70. The van der Waals surface area contributed by atoms with Crippen molar-refractivity contribution in [2.75, 3.05) is 24.5 Å². The Balaban J connectivity index is 2.90. The maximum Gasteiger partial charge on any atom is 0.142 e. The molecule has 0 radical (unpaired) electrons. The monoisotopic (exact) mass is 299 g/mol. The standard InChI is InChI=1S/C13H22BrN3/c1-4-8-17(10-13(2,3)9-15)12-11(14)6-5-7-16-12/h5-7H,4,8-10,15H2,1-3H3. The van der Waals surface area contributed by atoms with Crippen LogP contribution in [0.5, 0.6) is 0 Å². The molecule has 0 atom stereocenters. The molecule has 0 aromatic carbocycles. The van der Waals surface area contributed by atoms with Gasteiger partial charge < -0.3 is 10.6 Å². The quantitative estimate of drug-likeness (QED) is 0.878. The number of rotatable bonds is 6. The molecule has 1 rings (SSSR count). The minimum absolute atomic E-state index is 0.103. The Kier molecular flexibility index (Phi) is 5.40. The second-order valence-electron chi connectivity index (χ2n) is 5.10. The summed E-state index contributed by atoms with van der Waals surface area (Å²) in [6, 6.07) is 3.96. The third kappa shape index (κ3) is 4.28. The van der Waals surface area contributed by atoms with Crippen LogP contribution in [0, 0.1) is 5.41 Å². The highest BCUT2D eigenvalue weighted by molar-refractivity contribution is 9.10. The van der Waals surface area contributed by atoms with Gasteiger partial charge in [0.05, 0.1) is 4.47 Å². The molecular weight excluding hydrogens is 278 g/mol. The molecule has 1 aromatic rings. The molecule has 4 heteroatoms. The van der Waals surface area contributed by atoms with Crippen molar-refractivity contribution in [3.63, 3.8) is 0 Å². The number of anilines is 1. The Morgan fingerprint density at radius 1 is 1.47 bits per heavy atom. The zero-order chi connectivity index (χ0) is 12.9. The van der Waals surface area contributed by atoms with E-state index in [9.17, 15) is 0 Å². The van der Waals surface area contributed by atoms with Crippen LogP contribution in [-0.2, 0) is 0 Å². The molecule has 17 heavy (non-hydrogen) atoms. The van der Waals surface area contributed by atoms with E-state index < -0.39 is 0 Å². The maximum absolute atomic E-state index is 5.81. The molecular formula is C13H22BrN3. The highest BCUT2D eigenvalue weighted by atomic mass is 79.9. The van der Waals surface area contributed by atoms with E-state index in [1.54, 1.807) is 0 Å². The predicted molar refractivity (Wildman–Crippen MR) is 77.3 cm³/mol. The van der Waals surface area contributed by atoms with Crippen molar-refractivity contribution in [1.29, 1.82) is 0 Å². The molecule has 0 aliphatic rings. The Labute approximate surface area is 113 Å². The molecule has 0 saturated carbocycles. The summed E-state index contributed by atoms with van der Waals surface area (Å²) in [7, 11) is 0. The van der Waals surface area contributed by atoms with E-state index in [0.717, 1.165) is 29.8 Å². The number of nitrogens with zero attached hydrogens (tertiary/aromatic N) is 2. The molecule has 0 unspecified atom stereocenters. The van der Waals surface area contributed by atoms with Gasteiger partial charge in [-0.2, -0.15) is 0 Å². The lowest BCUT2D eigenvalue weighted by atomic mass is 9.93. The first-order valence-corrected chi connectivity index (χ1v) is 6.85. The number of aromatic nitrogens is 1. The molecule has 1 heterocycles. The fourth-order valence-electron chi connectivity index (χ4n) is 1.72. The number of nitrogens with two attached hydrogens (primary N) is 1. The van der Waals surface area contributed by atoms with Gasteiger partial charge in [0, 0.05) is 19.3 Å². The first-order valence-electron chi connectivity index (χ1n) is 6.05. The summed E-state index contributed by atoms with van der Waals surface area (Å²) in [5.41, 5.74) is 5.91. The van der Waals surface area contributed by atoms with E-state index in [1.165, 1.54) is 0 Å². The maximum atomic E-state index is 5.81. The summed E-state index contributed by atoms with van der Waals surface area (Å²) in [6.45, 7) is 9.15. The molecule has 0 fully saturated rings. The summed E-state index contributed by atoms with van der Waals surface area (Å²) in [6.07, 6.45) is 2.93. The van der Waals surface area contributed by atoms with Crippen LogP contribution in [0.1, 0.15) is 27.2 Å². The topological polar surface area (TPSA) is 42.1 Å². The van der Waals surface area contributed by atoms with Gasteiger partial charge in [-0.3, -0.25) is 0 Å². The van der Waals surface area contributed by atoms with E-state index >= 15 is 0 Å². The minimum atomic E-state index is 0.103. The molecule has 0 bridgehead atoms. The lowest BCUT2D eigenvalue weighted by Gasteiger charge is -2.33. The van der Waals surface area contributed by atoms with E-state index in [2.05, 4.69) is 46.6 Å². The van der Waals surface area contributed by atoms with Crippen LogP contribution in [0.15, 0.2) is 22.8 Å². The summed E-state index contributed by atoms with van der Waals surface area (Å²) in [5, 5.41) is 0. The fourth-order valence-corrected chi connectivity index (χ4v) is 2.23. The largest absolute Gasteiger partial charge is 0.355 e. The second kappa shape index (κ2) is 6.36. The van der Waals surface area contributed by atoms with Crippen molar-refractivity contribution < 1.29 is 0 Å². The third-order valence-corrected chi connectivity index (χ3v) is 3.32. The van der Waals surface area contributed by atoms with E-state index in [1.807, 2.05) is 18.3 Å². The molecule has 2 N–H and O–H groups in total. The first kappa shape index (κ1) is 14.5. The molecule has 0 aliphatic heterocycles. The normalized spacial score (nSPS) is 11.6. The van der Waals surface area contributed by atoms with Crippen LogP contribution in [0.2, 0.25) is 0 Å². The summed E-state index contributed by atoms with van der Waals surface area (Å²) in [4.78, 5) is 6.76. The van der Waals surface area contributed by atoms with Crippen molar-refractivity contribution >= 4 is 21.7 Å². The number of pyridine rings is 1. The Bertz CT molecular complexity index is 352. The van der Waals surface area contributed by atoms with Crippen molar-refractivity contribution in [2.45, 2.75) is 27.2 Å². The van der Waals surface area contributed by atoms with Gasteiger partial charge in [0.25, 0.3) is 0 Å². The second-order valence-corrected chi connectivity index (χ2v) is 5.95. The highest BCUT2D eigenvalue weighted by Gasteiger charge is 2.21. The first-order chi connectivity index (χ1) is 8.00. The number of halogens is 1. The summed E-state index contributed by atoms with van der Waals surface area (Å²) >= 11 is 3.56. The van der Waals surface area contributed by atoms with Gasteiger partial charge in [-0.1, -0.05) is 20.8 Å². The van der Waals surface area contributed by atoms with Gasteiger partial charge in [-0.25, -0.2) is 4.98 Å². The van der Waals surface area contributed by atoms with Gasteiger partial charge in [0.15, 0.2) is 0 Å². The van der Waals surface area contributed by atoms with Crippen LogP contribution in [-0.4, -0.2) is 24.6 Å². The minimum Gasteiger partial charge on any atom is -0.355 e. The zero-order valence-electron chi connectivity index (χ0n) is 10.9. The number of hydrogen-bond donors (Lipinski definition) is 1. The van der Waals surface area contributed by atoms with Gasteiger partial charge in [-0.15, -0.1) is 0 Å². The lowest BCUT2D eigenvalue weighted by Crippen LogP contribution is -2.39. The van der Waals surface area contributed by atoms with Crippen molar-refractivity contribution in [1.82, 2.24) is 4.98 Å². The van der Waals surface area contributed by atoms with Crippen LogP contribution >= 0.6 is 15.9 Å². The van der Waals surface area contributed by atoms with Gasteiger partial charge in [0.1, 0.15) is 5.82 Å². The van der Waals surface area contributed by atoms with Crippen LogP contribution in [0.4, 0.5) is 5.82 Å². The molecule has 0 spiro atoms. The van der Waals surface area contributed by atoms with Gasteiger partial charge >= 0.3 is 0 Å². The average Bonchev–Trinajstić information content (AvgIpc) is 2.29. The van der Waals surface area contributed by atoms with Crippen LogP contribution in [0.25, 0.3) is 0 Å². The smallest absolute Gasteiger partial charge is 0.142 e. The SMILES string of the molecule is CCCN(CC(C)(C)CN)c1ncccc1Br. The molecule has 0 amide bonds. The highest BCUT2D eigenvalue weighted by Crippen LogP contribution is 2.26. The average molecular weight is 300 g/mol. The zero-order valence-corrected chi connectivity index (χ0v) is 12.5. The molecule has 0 saturated heterocycles. The van der Waals surface area contributed by atoms with E-state index in [0.29, 0.717) is 6.54 Å². The van der Waals surface area contributed by atoms with Crippen molar-refractivity contribution in [3.05, 3.63) is 22.8 Å². The molecule has 1 aromatic heterocycles. The van der Waals surface area contributed by atoms with Crippen LogP contribution < -0.4 is 10.6 Å². The molecule has 0 aliphatic carbocycles. The Hall–Kier alpha value is -0.610. The van der Waals surface area contributed by atoms with Crippen molar-refractivity contribution in [3.8, 4) is 0 Å². The Morgan fingerprint density at radius 3 is 2.71 bits per heavy atom. The summed E-state index contributed by atoms with van der Waals surface area (Å²) < 4.78 is 1.04. The van der Waals surface area contributed by atoms with Gasteiger partial charge in [0.2, 0.25) is 0 Å². The van der Waals surface area contributed by atoms with E-state index in [-0.39, 0.29) is 5.41 Å². The fraction of sp³-hybridized carbons (Fsp3) is 0.615.